The summed E-state index contributed by atoms with van der Waals surface area (Å²) in [5.41, 5.74) is 2.64. The number of imide groups is 1. The van der Waals surface area contributed by atoms with Gasteiger partial charge in [-0.25, -0.2) is 4.39 Å². The number of rotatable bonds is 5. The van der Waals surface area contributed by atoms with Crippen LogP contribution in [0.1, 0.15) is 65.9 Å². The number of benzene rings is 2. The number of fused-ring (bicyclic) bond motifs is 1. The SMILES string of the molecule is O=C1CC[C@@H](N2Cc3cc(O[C@H]4CCCC[C@H]4N4CC(c5ccc(F)cc5)C4)ccc3C2=O)C(=O)N1. The second-order valence-corrected chi connectivity index (χ2v) is 10.4. The third-order valence-electron chi connectivity index (χ3n) is 8.17. The van der Waals surface area contributed by atoms with Gasteiger partial charge in [-0.05, 0) is 67.1 Å². The minimum absolute atomic E-state index is 0.0781. The molecule has 3 heterocycles. The van der Waals surface area contributed by atoms with Crippen LogP contribution in [0.25, 0.3) is 0 Å². The van der Waals surface area contributed by atoms with E-state index in [2.05, 4.69) is 10.2 Å². The standard InChI is InChI=1S/C28H30FN3O4/c29-20-7-5-17(6-8-20)19-14-31(15-19)23-3-1-2-4-25(23)36-21-9-10-22-18(13-21)16-32(28(22)35)24-11-12-26(33)30-27(24)34/h5-10,13,19,23-25H,1-4,11-12,14-16H2,(H,30,33,34)/t23-,24-,25+/m1/s1. The van der Waals surface area contributed by atoms with Crippen LogP contribution in [0.4, 0.5) is 4.39 Å². The number of nitrogens with one attached hydrogen (secondary N) is 1. The van der Waals surface area contributed by atoms with Crippen LogP contribution in [0, 0.1) is 5.82 Å². The third-order valence-corrected chi connectivity index (χ3v) is 8.17. The van der Waals surface area contributed by atoms with Gasteiger partial charge in [-0.2, -0.15) is 0 Å². The largest absolute Gasteiger partial charge is 0.489 e. The van der Waals surface area contributed by atoms with Gasteiger partial charge >= 0.3 is 0 Å². The molecule has 4 aliphatic rings. The molecule has 8 heteroatoms. The fraction of sp³-hybridized carbons (Fsp3) is 0.464. The van der Waals surface area contributed by atoms with Crippen molar-refractivity contribution in [3.05, 3.63) is 65.0 Å². The van der Waals surface area contributed by atoms with E-state index < -0.39 is 11.9 Å². The Morgan fingerprint density at radius 1 is 0.944 bits per heavy atom. The van der Waals surface area contributed by atoms with Crippen LogP contribution in [0.2, 0.25) is 0 Å². The molecule has 3 fully saturated rings. The molecule has 1 saturated carbocycles. The highest BCUT2D eigenvalue weighted by atomic mass is 19.1. The normalized spacial score (nSPS) is 27.0. The molecular weight excluding hydrogens is 461 g/mol. The fourth-order valence-corrected chi connectivity index (χ4v) is 6.16. The molecule has 3 aliphatic heterocycles. The maximum absolute atomic E-state index is 13.3. The number of carbonyl (C=O) groups excluding carboxylic acids is 3. The smallest absolute Gasteiger partial charge is 0.255 e. The Morgan fingerprint density at radius 3 is 2.50 bits per heavy atom. The maximum atomic E-state index is 13.3. The zero-order chi connectivity index (χ0) is 24.8. The lowest BCUT2D eigenvalue weighted by atomic mass is 9.84. The maximum Gasteiger partial charge on any atom is 0.255 e. The topological polar surface area (TPSA) is 79.0 Å². The van der Waals surface area contributed by atoms with Gasteiger partial charge in [-0.3, -0.25) is 24.6 Å². The Kier molecular flexibility index (Phi) is 5.99. The summed E-state index contributed by atoms with van der Waals surface area (Å²) in [7, 11) is 0. The first kappa shape index (κ1) is 23.2. The molecule has 3 atom stereocenters. The first-order valence-corrected chi connectivity index (χ1v) is 12.9. The quantitative estimate of drug-likeness (QED) is 0.649. The molecular formula is C28H30FN3O4. The van der Waals surface area contributed by atoms with Crippen molar-refractivity contribution < 1.29 is 23.5 Å². The predicted octanol–water partition coefficient (Wildman–Crippen LogP) is 3.38. The Balaban J connectivity index is 1.11. The molecule has 3 amide bonds. The summed E-state index contributed by atoms with van der Waals surface area (Å²) in [6.07, 6.45) is 5.06. The fourth-order valence-electron chi connectivity index (χ4n) is 6.16. The van der Waals surface area contributed by atoms with E-state index in [1.807, 2.05) is 24.3 Å². The molecule has 7 nitrogen and oxygen atoms in total. The van der Waals surface area contributed by atoms with Crippen molar-refractivity contribution in [3.8, 4) is 5.75 Å². The summed E-state index contributed by atoms with van der Waals surface area (Å²) >= 11 is 0. The van der Waals surface area contributed by atoms with E-state index in [9.17, 15) is 18.8 Å². The van der Waals surface area contributed by atoms with Gasteiger partial charge in [-0.1, -0.05) is 18.6 Å². The second kappa shape index (κ2) is 9.32. The lowest BCUT2D eigenvalue weighted by Crippen LogP contribution is -2.57. The molecule has 1 aliphatic carbocycles. The molecule has 6 rings (SSSR count). The van der Waals surface area contributed by atoms with Gasteiger partial charge in [0.25, 0.3) is 5.91 Å². The number of nitrogens with zero attached hydrogens (tertiary/aromatic N) is 2. The lowest BCUT2D eigenvalue weighted by molar-refractivity contribution is -0.136. The van der Waals surface area contributed by atoms with E-state index in [0.717, 1.165) is 43.7 Å². The van der Waals surface area contributed by atoms with E-state index in [4.69, 9.17) is 4.74 Å². The number of piperidine rings is 1. The van der Waals surface area contributed by atoms with E-state index in [-0.39, 0.29) is 30.2 Å². The summed E-state index contributed by atoms with van der Waals surface area (Å²) < 4.78 is 19.8. The predicted molar refractivity (Wildman–Crippen MR) is 130 cm³/mol. The van der Waals surface area contributed by atoms with Crippen molar-refractivity contribution in [2.24, 2.45) is 0 Å². The lowest BCUT2D eigenvalue weighted by Gasteiger charge is -2.48. The number of carbonyl (C=O) groups is 3. The van der Waals surface area contributed by atoms with Gasteiger partial charge in [0.05, 0.1) is 0 Å². The molecule has 36 heavy (non-hydrogen) atoms. The summed E-state index contributed by atoms with van der Waals surface area (Å²) in [4.78, 5) is 40.8. The summed E-state index contributed by atoms with van der Waals surface area (Å²) in [5.74, 6) is 0.115. The molecule has 0 radical (unpaired) electrons. The number of hydrogen-bond donors (Lipinski definition) is 1. The molecule has 0 unspecified atom stereocenters. The van der Waals surface area contributed by atoms with E-state index in [0.29, 0.717) is 30.5 Å². The van der Waals surface area contributed by atoms with E-state index >= 15 is 0 Å². The molecule has 2 aromatic rings. The number of hydrogen-bond acceptors (Lipinski definition) is 5. The summed E-state index contributed by atoms with van der Waals surface area (Å²) in [6.45, 7) is 2.25. The second-order valence-electron chi connectivity index (χ2n) is 10.4. The van der Waals surface area contributed by atoms with Gasteiger partial charge in [0.15, 0.2) is 0 Å². The molecule has 1 N–H and O–H groups in total. The van der Waals surface area contributed by atoms with Crippen molar-refractivity contribution in [3.63, 3.8) is 0 Å². The van der Waals surface area contributed by atoms with Crippen molar-refractivity contribution in [2.45, 2.75) is 69.2 Å². The molecule has 188 valence electrons. The van der Waals surface area contributed by atoms with Crippen LogP contribution in [0.15, 0.2) is 42.5 Å². The number of ether oxygens (including phenoxy) is 1. The first-order valence-electron chi connectivity index (χ1n) is 12.9. The van der Waals surface area contributed by atoms with Gasteiger partial charge in [0.2, 0.25) is 11.8 Å². The van der Waals surface area contributed by atoms with Crippen molar-refractivity contribution >= 4 is 17.7 Å². The third kappa shape index (κ3) is 4.28. The highest BCUT2D eigenvalue weighted by Gasteiger charge is 2.41. The molecule has 2 aromatic carbocycles. The summed E-state index contributed by atoms with van der Waals surface area (Å²) in [5, 5.41) is 2.34. The van der Waals surface area contributed by atoms with Crippen molar-refractivity contribution in [1.82, 2.24) is 15.1 Å². The van der Waals surface area contributed by atoms with Crippen molar-refractivity contribution in [2.75, 3.05) is 13.1 Å². The van der Waals surface area contributed by atoms with Crippen LogP contribution >= 0.6 is 0 Å². The molecule has 2 saturated heterocycles. The van der Waals surface area contributed by atoms with Gasteiger partial charge in [-0.15, -0.1) is 0 Å². The number of halogens is 1. The van der Waals surface area contributed by atoms with Crippen LogP contribution < -0.4 is 10.1 Å². The zero-order valence-corrected chi connectivity index (χ0v) is 20.1. The van der Waals surface area contributed by atoms with Crippen LogP contribution in [0.5, 0.6) is 5.75 Å². The highest BCUT2D eigenvalue weighted by molar-refractivity contribution is 6.05. The van der Waals surface area contributed by atoms with Crippen LogP contribution in [-0.4, -0.2) is 58.8 Å². The van der Waals surface area contributed by atoms with Crippen LogP contribution in [0.3, 0.4) is 0 Å². The summed E-state index contributed by atoms with van der Waals surface area (Å²) in [6, 6.07) is 12.1. The minimum Gasteiger partial charge on any atom is -0.489 e. The Hall–Kier alpha value is -3.26. The first-order chi connectivity index (χ1) is 17.5. The van der Waals surface area contributed by atoms with E-state index in [1.165, 1.54) is 24.1 Å². The molecule has 0 spiro atoms. The Morgan fingerprint density at radius 2 is 1.72 bits per heavy atom. The van der Waals surface area contributed by atoms with Gasteiger partial charge < -0.3 is 9.64 Å². The Labute approximate surface area is 209 Å². The monoisotopic (exact) mass is 491 g/mol. The number of amides is 3. The minimum atomic E-state index is -0.616. The van der Waals surface area contributed by atoms with Crippen molar-refractivity contribution in [1.29, 1.82) is 0 Å². The number of likely N-dealkylation sites (tertiary alicyclic amines) is 1. The van der Waals surface area contributed by atoms with Gasteiger partial charge in [0, 0.05) is 43.6 Å². The average molecular weight is 492 g/mol. The van der Waals surface area contributed by atoms with Crippen LogP contribution in [-0.2, 0) is 16.1 Å². The van der Waals surface area contributed by atoms with E-state index in [1.54, 1.807) is 11.0 Å². The van der Waals surface area contributed by atoms with Gasteiger partial charge in [0.1, 0.15) is 23.7 Å². The average Bonchev–Trinajstić information content (AvgIpc) is 3.16. The molecule has 0 aromatic heterocycles. The highest BCUT2D eigenvalue weighted by Crippen LogP contribution is 2.36. The zero-order valence-electron chi connectivity index (χ0n) is 20.1. The molecule has 0 bridgehead atoms. The Bertz CT molecular complexity index is 1190.